The van der Waals surface area contributed by atoms with Crippen LogP contribution in [0.15, 0.2) is 73.4 Å². The number of halogens is 3. The lowest BCUT2D eigenvalue weighted by Gasteiger charge is -2.06. The molecule has 0 saturated heterocycles. The number of hydrogen-bond acceptors (Lipinski definition) is 4. The quantitative estimate of drug-likeness (QED) is 0.523. The molecule has 0 N–H and O–H groups in total. The van der Waals surface area contributed by atoms with Crippen molar-refractivity contribution in [2.45, 2.75) is 12.7 Å². The van der Waals surface area contributed by atoms with Crippen molar-refractivity contribution in [3.63, 3.8) is 0 Å². The van der Waals surface area contributed by atoms with E-state index in [0.29, 0.717) is 17.8 Å². The predicted molar refractivity (Wildman–Crippen MR) is 97.0 cm³/mol. The first-order valence-corrected chi connectivity index (χ1v) is 8.41. The monoisotopic (exact) mass is 381 g/mol. The third kappa shape index (κ3) is 3.90. The van der Waals surface area contributed by atoms with Crippen molar-refractivity contribution in [1.82, 2.24) is 25.0 Å². The van der Waals surface area contributed by atoms with E-state index in [-0.39, 0.29) is 0 Å². The van der Waals surface area contributed by atoms with Gasteiger partial charge in [0.25, 0.3) is 0 Å². The van der Waals surface area contributed by atoms with Crippen molar-refractivity contribution in [2.75, 3.05) is 0 Å². The van der Waals surface area contributed by atoms with Crippen LogP contribution in [0, 0.1) is 0 Å². The Balaban J connectivity index is 1.48. The standard InChI is InChI=1S/C20H14F3N5/c21-20(22,23)18-7-5-16(6-8-18)19-12-28(27-26-19)11-14-1-3-15(4-2-14)17-9-24-13-25-10-17/h1-10,12-13H,11H2. The van der Waals surface area contributed by atoms with Crippen LogP contribution < -0.4 is 0 Å². The molecule has 0 unspecified atom stereocenters. The Morgan fingerprint density at radius 1 is 0.786 bits per heavy atom. The van der Waals surface area contributed by atoms with Crippen molar-refractivity contribution in [2.24, 2.45) is 0 Å². The van der Waals surface area contributed by atoms with Crippen LogP contribution in [-0.2, 0) is 12.7 Å². The molecule has 0 amide bonds. The smallest absolute Gasteiger partial charge is 0.247 e. The van der Waals surface area contributed by atoms with Gasteiger partial charge in [0, 0.05) is 23.5 Å². The third-order valence-corrected chi connectivity index (χ3v) is 4.24. The summed E-state index contributed by atoms with van der Waals surface area (Å²) in [5.74, 6) is 0. The number of alkyl halides is 3. The fraction of sp³-hybridized carbons (Fsp3) is 0.100. The summed E-state index contributed by atoms with van der Waals surface area (Å²) in [5, 5.41) is 8.12. The van der Waals surface area contributed by atoms with Gasteiger partial charge in [-0.1, -0.05) is 41.6 Å². The average Bonchev–Trinajstić information content (AvgIpc) is 3.17. The molecule has 0 fully saturated rings. The van der Waals surface area contributed by atoms with Gasteiger partial charge in [-0.2, -0.15) is 13.2 Å². The number of aromatic nitrogens is 5. The predicted octanol–water partition coefficient (Wildman–Crippen LogP) is 4.47. The highest BCUT2D eigenvalue weighted by molar-refractivity contribution is 5.61. The van der Waals surface area contributed by atoms with Crippen LogP contribution in [0.3, 0.4) is 0 Å². The van der Waals surface area contributed by atoms with E-state index < -0.39 is 11.7 Å². The van der Waals surface area contributed by atoms with E-state index in [1.165, 1.54) is 18.5 Å². The molecule has 0 atom stereocenters. The van der Waals surface area contributed by atoms with Gasteiger partial charge in [-0.25, -0.2) is 14.6 Å². The largest absolute Gasteiger partial charge is 0.416 e. The van der Waals surface area contributed by atoms with Crippen LogP contribution in [0.2, 0.25) is 0 Å². The summed E-state index contributed by atoms with van der Waals surface area (Å²) in [4.78, 5) is 8.01. The number of benzene rings is 2. The second-order valence-electron chi connectivity index (χ2n) is 6.20. The van der Waals surface area contributed by atoms with Gasteiger partial charge in [0.05, 0.1) is 18.3 Å². The molecule has 0 aliphatic carbocycles. The van der Waals surface area contributed by atoms with Crippen LogP contribution in [0.1, 0.15) is 11.1 Å². The van der Waals surface area contributed by atoms with Gasteiger partial charge < -0.3 is 0 Å². The Morgan fingerprint density at radius 3 is 2.07 bits per heavy atom. The van der Waals surface area contributed by atoms with Crippen LogP contribution in [0.25, 0.3) is 22.4 Å². The first-order chi connectivity index (χ1) is 13.5. The minimum atomic E-state index is -4.35. The summed E-state index contributed by atoms with van der Waals surface area (Å²) in [6.45, 7) is 0.499. The van der Waals surface area contributed by atoms with E-state index >= 15 is 0 Å². The Kier molecular flexibility index (Phi) is 4.60. The molecule has 4 rings (SSSR count). The maximum absolute atomic E-state index is 12.7. The van der Waals surface area contributed by atoms with Crippen molar-refractivity contribution in [3.05, 3.63) is 84.6 Å². The van der Waals surface area contributed by atoms with Crippen molar-refractivity contribution in [1.29, 1.82) is 0 Å². The minimum Gasteiger partial charge on any atom is -0.247 e. The number of hydrogen-bond donors (Lipinski definition) is 0. The Labute approximate surface area is 158 Å². The summed E-state index contributed by atoms with van der Waals surface area (Å²) in [6, 6.07) is 12.8. The minimum absolute atomic E-state index is 0.499. The van der Waals surface area contributed by atoms with Gasteiger partial charge in [0.15, 0.2) is 0 Å². The van der Waals surface area contributed by atoms with Gasteiger partial charge in [-0.15, -0.1) is 5.10 Å². The van der Waals surface area contributed by atoms with Gasteiger partial charge in [-0.3, -0.25) is 0 Å². The van der Waals surface area contributed by atoms with E-state index in [4.69, 9.17) is 0 Å². The lowest BCUT2D eigenvalue weighted by Crippen LogP contribution is -2.03. The highest BCUT2D eigenvalue weighted by Gasteiger charge is 2.30. The van der Waals surface area contributed by atoms with E-state index in [1.54, 1.807) is 23.3 Å². The molecule has 5 nitrogen and oxygen atoms in total. The van der Waals surface area contributed by atoms with Crippen LogP contribution in [0.4, 0.5) is 13.2 Å². The van der Waals surface area contributed by atoms with Crippen molar-refractivity contribution >= 4 is 0 Å². The second-order valence-corrected chi connectivity index (χ2v) is 6.20. The molecule has 8 heteroatoms. The SMILES string of the molecule is FC(F)(F)c1ccc(-c2cn(Cc3ccc(-c4cncnc4)cc3)nn2)cc1. The zero-order valence-electron chi connectivity index (χ0n) is 14.5. The molecule has 28 heavy (non-hydrogen) atoms. The van der Waals surface area contributed by atoms with Crippen LogP contribution >= 0.6 is 0 Å². The summed E-state index contributed by atoms with van der Waals surface area (Å²) in [7, 11) is 0. The van der Waals surface area contributed by atoms with E-state index in [1.807, 2.05) is 24.3 Å². The number of rotatable bonds is 4. The fourth-order valence-corrected chi connectivity index (χ4v) is 2.78. The van der Waals surface area contributed by atoms with Gasteiger partial charge in [0.2, 0.25) is 0 Å². The van der Waals surface area contributed by atoms with E-state index in [2.05, 4.69) is 20.3 Å². The summed E-state index contributed by atoms with van der Waals surface area (Å²) < 4.78 is 39.6. The first kappa shape index (κ1) is 17.8. The fourth-order valence-electron chi connectivity index (χ4n) is 2.78. The topological polar surface area (TPSA) is 56.5 Å². The summed E-state index contributed by atoms with van der Waals surface area (Å²) >= 11 is 0. The van der Waals surface area contributed by atoms with Crippen molar-refractivity contribution in [3.8, 4) is 22.4 Å². The van der Waals surface area contributed by atoms with Crippen molar-refractivity contribution < 1.29 is 13.2 Å². The first-order valence-electron chi connectivity index (χ1n) is 8.41. The molecular formula is C20H14F3N5. The molecule has 2 heterocycles. The Bertz CT molecular complexity index is 1060. The van der Waals surface area contributed by atoms with Gasteiger partial charge in [0.1, 0.15) is 12.0 Å². The van der Waals surface area contributed by atoms with Gasteiger partial charge in [-0.05, 0) is 23.3 Å². The molecule has 2 aromatic heterocycles. The lowest BCUT2D eigenvalue weighted by molar-refractivity contribution is -0.137. The average molecular weight is 381 g/mol. The van der Waals surface area contributed by atoms with E-state index in [9.17, 15) is 13.2 Å². The molecule has 0 spiro atoms. The highest BCUT2D eigenvalue weighted by Crippen LogP contribution is 2.30. The molecule has 0 aliphatic rings. The van der Waals surface area contributed by atoms with E-state index in [0.717, 1.165) is 28.8 Å². The molecule has 0 aliphatic heterocycles. The molecular weight excluding hydrogens is 367 g/mol. The molecule has 4 aromatic rings. The second kappa shape index (κ2) is 7.22. The van der Waals surface area contributed by atoms with Gasteiger partial charge >= 0.3 is 6.18 Å². The Hall–Kier alpha value is -3.55. The maximum Gasteiger partial charge on any atom is 0.416 e. The molecule has 0 radical (unpaired) electrons. The molecule has 0 bridgehead atoms. The summed E-state index contributed by atoms with van der Waals surface area (Å²) in [6.07, 6.45) is 2.33. The van der Waals surface area contributed by atoms with Crippen LogP contribution in [0.5, 0.6) is 0 Å². The lowest BCUT2D eigenvalue weighted by atomic mass is 10.1. The molecule has 2 aromatic carbocycles. The molecule has 140 valence electrons. The maximum atomic E-state index is 12.7. The third-order valence-electron chi connectivity index (χ3n) is 4.24. The highest BCUT2D eigenvalue weighted by atomic mass is 19.4. The normalized spacial score (nSPS) is 11.5. The van der Waals surface area contributed by atoms with Crippen LogP contribution in [-0.4, -0.2) is 25.0 Å². The molecule has 0 saturated carbocycles. The zero-order valence-corrected chi connectivity index (χ0v) is 14.5. The Morgan fingerprint density at radius 2 is 1.43 bits per heavy atom. The number of nitrogens with zero attached hydrogens (tertiary/aromatic N) is 5. The zero-order chi connectivity index (χ0) is 19.6. The summed E-state index contributed by atoms with van der Waals surface area (Å²) in [5.41, 5.74) is 3.37.